The van der Waals surface area contributed by atoms with Crippen molar-refractivity contribution >= 4 is 11.6 Å². The minimum absolute atomic E-state index is 0.139. The summed E-state index contributed by atoms with van der Waals surface area (Å²) in [6.45, 7) is 5.27. The van der Waals surface area contributed by atoms with E-state index < -0.39 is 0 Å². The Bertz CT molecular complexity index is 702. The van der Waals surface area contributed by atoms with E-state index in [9.17, 15) is 0 Å². The van der Waals surface area contributed by atoms with E-state index >= 15 is 0 Å². The van der Waals surface area contributed by atoms with Gasteiger partial charge in [-0.15, -0.1) is 0 Å². The fourth-order valence-corrected chi connectivity index (χ4v) is 2.14. The van der Waals surface area contributed by atoms with Gasteiger partial charge in [0.05, 0.1) is 19.3 Å². The highest BCUT2D eigenvalue weighted by atomic mass is 16.5. The first-order valence-electron chi connectivity index (χ1n) is 8.47. The van der Waals surface area contributed by atoms with Crippen molar-refractivity contribution in [3.8, 4) is 11.6 Å². The molecule has 7 heteroatoms. The first kappa shape index (κ1) is 19.5. The van der Waals surface area contributed by atoms with Crippen molar-refractivity contribution in [2.45, 2.75) is 26.5 Å². The molecule has 7 nitrogen and oxygen atoms in total. The Morgan fingerprint density at radius 3 is 2.65 bits per heavy atom. The van der Waals surface area contributed by atoms with Crippen molar-refractivity contribution in [3.63, 3.8) is 0 Å². The van der Waals surface area contributed by atoms with Gasteiger partial charge in [-0.2, -0.15) is 0 Å². The first-order valence-corrected chi connectivity index (χ1v) is 8.47. The Balaban J connectivity index is 1.94. The molecule has 0 amide bonds. The Labute approximate surface area is 154 Å². The lowest BCUT2D eigenvalue weighted by Gasteiger charge is -2.11. The number of guanidine groups is 1. The molecule has 26 heavy (non-hydrogen) atoms. The molecule has 1 aromatic heterocycles. The molecule has 0 saturated heterocycles. The largest absolute Gasteiger partial charge is 0.491 e. The smallest absolute Gasteiger partial charge is 0.218 e. The molecule has 140 valence electrons. The highest BCUT2D eigenvalue weighted by molar-refractivity contribution is 5.92. The summed E-state index contributed by atoms with van der Waals surface area (Å²) in [5.74, 6) is 1.67. The number of nitrogens with two attached hydrogens (primary N) is 1. The quantitative estimate of drug-likeness (QED) is 0.407. The van der Waals surface area contributed by atoms with Crippen molar-refractivity contribution in [1.29, 1.82) is 0 Å². The number of aromatic nitrogens is 1. The zero-order chi connectivity index (χ0) is 18.8. The van der Waals surface area contributed by atoms with Crippen LogP contribution in [-0.2, 0) is 11.3 Å². The van der Waals surface area contributed by atoms with Gasteiger partial charge in [0.25, 0.3) is 0 Å². The minimum atomic E-state index is 0.139. The fourth-order valence-electron chi connectivity index (χ4n) is 2.14. The third-order valence-electron chi connectivity index (χ3n) is 3.29. The van der Waals surface area contributed by atoms with Gasteiger partial charge < -0.3 is 25.3 Å². The lowest BCUT2D eigenvalue weighted by molar-refractivity contribution is 0.143. The van der Waals surface area contributed by atoms with Crippen molar-refractivity contribution < 1.29 is 14.2 Å². The summed E-state index contributed by atoms with van der Waals surface area (Å²) in [7, 11) is 1.63. The number of rotatable bonds is 9. The van der Waals surface area contributed by atoms with Gasteiger partial charge in [-0.25, -0.2) is 9.98 Å². The Morgan fingerprint density at radius 1 is 1.19 bits per heavy atom. The third-order valence-corrected chi connectivity index (χ3v) is 3.29. The fraction of sp³-hybridized carbons (Fsp3) is 0.368. The highest BCUT2D eigenvalue weighted by Gasteiger charge is 2.05. The molecule has 0 radical (unpaired) electrons. The first-order chi connectivity index (χ1) is 12.6. The summed E-state index contributed by atoms with van der Waals surface area (Å²) < 4.78 is 16.2. The maximum Gasteiger partial charge on any atom is 0.218 e. The zero-order valence-corrected chi connectivity index (χ0v) is 15.4. The maximum absolute atomic E-state index is 5.97. The number of benzene rings is 1. The van der Waals surface area contributed by atoms with E-state index in [4.69, 9.17) is 19.9 Å². The number of aliphatic imine (C=N–C) groups is 1. The molecule has 0 unspecified atom stereocenters. The number of methoxy groups -OCH3 is 1. The van der Waals surface area contributed by atoms with E-state index in [-0.39, 0.29) is 6.10 Å². The van der Waals surface area contributed by atoms with Crippen LogP contribution in [0.5, 0.6) is 11.6 Å². The topological polar surface area (TPSA) is 91.0 Å². The van der Waals surface area contributed by atoms with Crippen LogP contribution in [0.25, 0.3) is 0 Å². The lowest BCUT2D eigenvalue weighted by atomic mass is 10.3. The van der Waals surface area contributed by atoms with Crippen molar-refractivity contribution in [1.82, 2.24) is 4.98 Å². The summed E-state index contributed by atoms with van der Waals surface area (Å²) in [4.78, 5) is 8.57. The summed E-state index contributed by atoms with van der Waals surface area (Å²) in [5.41, 5.74) is 7.66. The van der Waals surface area contributed by atoms with Crippen molar-refractivity contribution in [3.05, 3.63) is 48.2 Å². The molecular formula is C19H26N4O3. The van der Waals surface area contributed by atoms with E-state index in [1.165, 1.54) is 0 Å². The Morgan fingerprint density at radius 2 is 1.96 bits per heavy atom. The number of nitrogens with zero attached hydrogens (tertiary/aromatic N) is 2. The Kier molecular flexibility index (Phi) is 7.70. The molecule has 1 aromatic carbocycles. The monoisotopic (exact) mass is 358 g/mol. The molecule has 0 spiro atoms. The van der Waals surface area contributed by atoms with Crippen LogP contribution in [0.15, 0.2) is 47.6 Å². The SMILES string of the molecule is COCCOc1ncccc1CN=C(N)Nc1ccc(OC(C)C)cc1. The van der Waals surface area contributed by atoms with Gasteiger partial charge in [0.15, 0.2) is 5.96 Å². The number of hydrogen-bond acceptors (Lipinski definition) is 5. The number of pyridine rings is 1. The lowest BCUT2D eigenvalue weighted by Crippen LogP contribution is -2.22. The van der Waals surface area contributed by atoms with Crippen molar-refractivity contribution in [2.24, 2.45) is 10.7 Å². The average molecular weight is 358 g/mol. The van der Waals surface area contributed by atoms with E-state index in [0.29, 0.717) is 31.6 Å². The molecule has 0 bridgehead atoms. The van der Waals surface area contributed by atoms with Gasteiger partial charge in [0, 0.05) is 24.6 Å². The Hall–Kier alpha value is -2.80. The van der Waals surface area contributed by atoms with E-state index in [1.54, 1.807) is 13.3 Å². The molecule has 0 aliphatic heterocycles. The van der Waals surface area contributed by atoms with Gasteiger partial charge in [-0.1, -0.05) is 6.07 Å². The molecule has 0 fully saturated rings. The van der Waals surface area contributed by atoms with Gasteiger partial charge in [0.1, 0.15) is 12.4 Å². The standard InChI is InChI=1S/C19H26N4O3/c1-14(2)26-17-8-6-16(7-9-17)23-19(20)22-13-15-5-4-10-21-18(15)25-12-11-24-3/h4-10,14H,11-13H2,1-3H3,(H3,20,22,23). The van der Waals surface area contributed by atoms with Crippen LogP contribution in [-0.4, -0.2) is 37.4 Å². The van der Waals surface area contributed by atoms with Crippen LogP contribution >= 0.6 is 0 Å². The maximum atomic E-state index is 5.97. The highest BCUT2D eigenvalue weighted by Crippen LogP contribution is 2.17. The van der Waals surface area contributed by atoms with E-state index in [1.807, 2.05) is 50.2 Å². The van der Waals surface area contributed by atoms with Crippen molar-refractivity contribution in [2.75, 3.05) is 25.6 Å². The number of hydrogen-bond donors (Lipinski definition) is 2. The molecule has 1 heterocycles. The normalized spacial score (nSPS) is 11.5. The van der Waals surface area contributed by atoms with Gasteiger partial charge in [-0.05, 0) is 44.2 Å². The molecular weight excluding hydrogens is 332 g/mol. The van der Waals surface area contributed by atoms with E-state index in [2.05, 4.69) is 15.3 Å². The second kappa shape index (κ2) is 10.2. The molecule has 2 aromatic rings. The van der Waals surface area contributed by atoms with Gasteiger partial charge in [-0.3, -0.25) is 0 Å². The summed E-state index contributed by atoms with van der Waals surface area (Å²) in [5, 5.41) is 3.06. The second-order valence-corrected chi connectivity index (χ2v) is 5.83. The van der Waals surface area contributed by atoms with Crippen LogP contribution < -0.4 is 20.5 Å². The third kappa shape index (κ3) is 6.60. The number of ether oxygens (including phenoxy) is 3. The molecule has 0 atom stereocenters. The van der Waals surface area contributed by atoms with Crippen LogP contribution in [0.4, 0.5) is 5.69 Å². The zero-order valence-electron chi connectivity index (χ0n) is 15.4. The molecule has 3 N–H and O–H groups in total. The number of nitrogens with one attached hydrogen (secondary N) is 1. The van der Waals surface area contributed by atoms with Gasteiger partial charge >= 0.3 is 0 Å². The minimum Gasteiger partial charge on any atom is -0.491 e. The van der Waals surface area contributed by atoms with Crippen LogP contribution in [0.1, 0.15) is 19.4 Å². The van der Waals surface area contributed by atoms with E-state index in [0.717, 1.165) is 17.0 Å². The predicted molar refractivity (Wildman–Crippen MR) is 103 cm³/mol. The van der Waals surface area contributed by atoms with Crippen LogP contribution in [0.2, 0.25) is 0 Å². The molecule has 0 aliphatic rings. The predicted octanol–water partition coefficient (Wildman–Crippen LogP) is 2.82. The summed E-state index contributed by atoms with van der Waals surface area (Å²) in [6, 6.07) is 11.3. The summed E-state index contributed by atoms with van der Waals surface area (Å²) in [6.07, 6.45) is 1.82. The number of anilines is 1. The van der Waals surface area contributed by atoms with Gasteiger partial charge in [0.2, 0.25) is 5.88 Å². The second-order valence-electron chi connectivity index (χ2n) is 5.83. The molecule has 2 rings (SSSR count). The average Bonchev–Trinajstić information content (AvgIpc) is 2.62. The molecule has 0 aliphatic carbocycles. The van der Waals surface area contributed by atoms with Crippen LogP contribution in [0.3, 0.4) is 0 Å². The molecule has 0 saturated carbocycles. The summed E-state index contributed by atoms with van der Waals surface area (Å²) >= 11 is 0. The van der Waals surface area contributed by atoms with Crippen LogP contribution in [0, 0.1) is 0 Å².